The molecule has 1 fully saturated rings. The van der Waals surface area contributed by atoms with E-state index in [1.165, 1.54) is 37.3 Å². The Morgan fingerprint density at radius 3 is 2.71 bits per heavy atom. The molecule has 2 unspecified atom stereocenters. The van der Waals surface area contributed by atoms with Crippen LogP contribution in [0.4, 0.5) is 0 Å². The van der Waals surface area contributed by atoms with Crippen molar-refractivity contribution >= 4 is 11.8 Å². The molecule has 1 nitrogen and oxygen atoms in total. The fraction of sp³-hybridized carbons (Fsp3) is 1.00. The maximum atomic E-state index is 3.66. The second-order valence-corrected chi connectivity index (χ2v) is 6.19. The van der Waals surface area contributed by atoms with Crippen LogP contribution in [-0.2, 0) is 0 Å². The van der Waals surface area contributed by atoms with Crippen molar-refractivity contribution in [1.29, 1.82) is 0 Å². The van der Waals surface area contributed by atoms with E-state index in [2.05, 4.69) is 37.8 Å². The number of hydrogen-bond acceptors (Lipinski definition) is 2. The molecule has 1 rings (SSSR count). The fourth-order valence-corrected chi connectivity index (χ4v) is 2.95. The first-order valence-electron chi connectivity index (χ1n) is 5.99. The normalized spacial score (nSPS) is 27.4. The van der Waals surface area contributed by atoms with Crippen LogP contribution in [0.5, 0.6) is 0 Å². The first-order chi connectivity index (χ1) is 6.68. The van der Waals surface area contributed by atoms with Gasteiger partial charge in [0, 0.05) is 18.3 Å². The number of rotatable bonds is 6. The average molecular weight is 215 g/mol. The zero-order valence-electron chi connectivity index (χ0n) is 9.88. The van der Waals surface area contributed by atoms with Crippen LogP contribution in [0.2, 0.25) is 0 Å². The molecule has 1 N–H and O–H groups in total. The van der Waals surface area contributed by atoms with E-state index >= 15 is 0 Å². The maximum absolute atomic E-state index is 3.66. The van der Waals surface area contributed by atoms with E-state index in [1.807, 2.05) is 0 Å². The standard InChI is InChI=1S/C12H25NS/c1-10(2)9-14-7-6-13-12-5-4-11(3)8-12/h10-13H,4-9H2,1-3H3. The molecule has 1 aliphatic carbocycles. The molecule has 0 saturated heterocycles. The lowest BCUT2D eigenvalue weighted by Crippen LogP contribution is -2.28. The lowest BCUT2D eigenvalue weighted by molar-refractivity contribution is 0.518. The molecule has 84 valence electrons. The molecule has 0 amide bonds. The third-order valence-electron chi connectivity index (χ3n) is 2.83. The van der Waals surface area contributed by atoms with Gasteiger partial charge in [-0.25, -0.2) is 0 Å². The molecule has 14 heavy (non-hydrogen) atoms. The predicted octanol–water partition coefficient (Wildman–Crippen LogP) is 3.15. The van der Waals surface area contributed by atoms with Gasteiger partial charge in [0.05, 0.1) is 0 Å². The molecule has 2 atom stereocenters. The van der Waals surface area contributed by atoms with E-state index in [0.29, 0.717) is 0 Å². The van der Waals surface area contributed by atoms with Crippen molar-refractivity contribution in [3.63, 3.8) is 0 Å². The Morgan fingerprint density at radius 2 is 2.14 bits per heavy atom. The summed E-state index contributed by atoms with van der Waals surface area (Å²) in [6, 6.07) is 0.824. The van der Waals surface area contributed by atoms with E-state index < -0.39 is 0 Å². The van der Waals surface area contributed by atoms with Crippen molar-refractivity contribution in [2.24, 2.45) is 11.8 Å². The van der Waals surface area contributed by atoms with Gasteiger partial charge in [-0.15, -0.1) is 0 Å². The topological polar surface area (TPSA) is 12.0 Å². The van der Waals surface area contributed by atoms with E-state index in [0.717, 1.165) is 17.9 Å². The molecule has 2 heteroatoms. The van der Waals surface area contributed by atoms with E-state index in [-0.39, 0.29) is 0 Å². The third-order valence-corrected chi connectivity index (χ3v) is 4.22. The Balaban J connectivity index is 1.89. The highest BCUT2D eigenvalue weighted by atomic mass is 32.2. The van der Waals surface area contributed by atoms with Gasteiger partial charge in [0.2, 0.25) is 0 Å². The van der Waals surface area contributed by atoms with Crippen molar-refractivity contribution in [3.05, 3.63) is 0 Å². The Hall–Kier alpha value is 0.310. The molecule has 0 aromatic heterocycles. The van der Waals surface area contributed by atoms with Gasteiger partial charge in [-0.1, -0.05) is 20.8 Å². The summed E-state index contributed by atoms with van der Waals surface area (Å²) in [6.07, 6.45) is 4.22. The van der Waals surface area contributed by atoms with E-state index in [9.17, 15) is 0 Å². The molecule has 0 spiro atoms. The minimum atomic E-state index is 0.824. The quantitative estimate of drug-likeness (QED) is 0.683. The van der Waals surface area contributed by atoms with Crippen molar-refractivity contribution in [3.8, 4) is 0 Å². The third kappa shape index (κ3) is 5.26. The summed E-state index contributed by atoms with van der Waals surface area (Å²) in [7, 11) is 0. The van der Waals surface area contributed by atoms with Crippen LogP contribution >= 0.6 is 11.8 Å². The molecule has 0 bridgehead atoms. The van der Waals surface area contributed by atoms with Crippen LogP contribution in [0.1, 0.15) is 40.0 Å². The number of thioether (sulfide) groups is 1. The zero-order chi connectivity index (χ0) is 10.4. The van der Waals surface area contributed by atoms with Gasteiger partial charge in [0.15, 0.2) is 0 Å². The van der Waals surface area contributed by atoms with Gasteiger partial charge in [0.25, 0.3) is 0 Å². The molecule has 1 aliphatic rings. The summed E-state index contributed by atoms with van der Waals surface area (Å²) in [5.41, 5.74) is 0. The Labute approximate surface area is 93.4 Å². The highest BCUT2D eigenvalue weighted by Gasteiger charge is 2.19. The lowest BCUT2D eigenvalue weighted by atomic mass is 10.1. The Morgan fingerprint density at radius 1 is 1.36 bits per heavy atom. The summed E-state index contributed by atoms with van der Waals surface area (Å²) in [4.78, 5) is 0. The van der Waals surface area contributed by atoms with Crippen LogP contribution < -0.4 is 5.32 Å². The van der Waals surface area contributed by atoms with Gasteiger partial charge in [-0.3, -0.25) is 0 Å². The van der Waals surface area contributed by atoms with Gasteiger partial charge in [-0.05, 0) is 36.9 Å². The molecule has 0 aromatic carbocycles. The smallest absolute Gasteiger partial charge is 0.00700 e. The summed E-state index contributed by atoms with van der Waals surface area (Å²) in [6.45, 7) is 8.15. The fourth-order valence-electron chi connectivity index (χ4n) is 2.05. The molecule has 0 aliphatic heterocycles. The molecule has 0 heterocycles. The Bertz CT molecular complexity index is 147. The van der Waals surface area contributed by atoms with Crippen LogP contribution in [-0.4, -0.2) is 24.1 Å². The summed E-state index contributed by atoms with van der Waals surface area (Å²) in [5.74, 6) is 4.38. The zero-order valence-corrected chi connectivity index (χ0v) is 10.7. The van der Waals surface area contributed by atoms with E-state index in [4.69, 9.17) is 0 Å². The predicted molar refractivity (Wildman–Crippen MR) is 67.0 cm³/mol. The van der Waals surface area contributed by atoms with Crippen molar-refractivity contribution in [2.75, 3.05) is 18.1 Å². The van der Waals surface area contributed by atoms with Gasteiger partial charge >= 0.3 is 0 Å². The van der Waals surface area contributed by atoms with Crippen LogP contribution in [0.25, 0.3) is 0 Å². The molecular formula is C12H25NS. The lowest BCUT2D eigenvalue weighted by Gasteiger charge is -2.12. The second-order valence-electron chi connectivity index (χ2n) is 5.04. The van der Waals surface area contributed by atoms with Crippen LogP contribution in [0.3, 0.4) is 0 Å². The highest BCUT2D eigenvalue weighted by Crippen LogP contribution is 2.24. The second kappa shape index (κ2) is 6.73. The largest absolute Gasteiger partial charge is 0.313 e. The minimum Gasteiger partial charge on any atom is -0.313 e. The van der Waals surface area contributed by atoms with Crippen molar-refractivity contribution in [2.45, 2.75) is 46.1 Å². The van der Waals surface area contributed by atoms with Gasteiger partial charge < -0.3 is 5.32 Å². The SMILES string of the molecule is CC(C)CSCCNC1CCC(C)C1. The monoisotopic (exact) mass is 215 g/mol. The van der Waals surface area contributed by atoms with E-state index in [1.54, 1.807) is 0 Å². The maximum Gasteiger partial charge on any atom is 0.00700 e. The number of hydrogen-bond donors (Lipinski definition) is 1. The first kappa shape index (κ1) is 12.4. The summed E-state index contributed by atoms with van der Waals surface area (Å²) < 4.78 is 0. The summed E-state index contributed by atoms with van der Waals surface area (Å²) in [5, 5.41) is 3.66. The molecule has 1 saturated carbocycles. The van der Waals surface area contributed by atoms with Crippen LogP contribution in [0.15, 0.2) is 0 Å². The minimum absolute atomic E-state index is 0.824. The first-order valence-corrected chi connectivity index (χ1v) is 7.15. The Kier molecular flexibility index (Phi) is 5.95. The number of nitrogens with one attached hydrogen (secondary N) is 1. The van der Waals surface area contributed by atoms with Crippen molar-refractivity contribution < 1.29 is 0 Å². The molecule has 0 radical (unpaired) electrons. The van der Waals surface area contributed by atoms with Crippen LogP contribution in [0, 0.1) is 11.8 Å². The van der Waals surface area contributed by atoms with Gasteiger partial charge in [-0.2, -0.15) is 11.8 Å². The highest BCUT2D eigenvalue weighted by molar-refractivity contribution is 7.99. The summed E-state index contributed by atoms with van der Waals surface area (Å²) >= 11 is 2.08. The molecule has 0 aromatic rings. The average Bonchev–Trinajstić information content (AvgIpc) is 2.50. The van der Waals surface area contributed by atoms with Crippen molar-refractivity contribution in [1.82, 2.24) is 5.32 Å². The van der Waals surface area contributed by atoms with Gasteiger partial charge in [0.1, 0.15) is 0 Å². The molecular weight excluding hydrogens is 190 g/mol.